The number of rotatable bonds is 3. The highest BCUT2D eigenvalue weighted by molar-refractivity contribution is 7.89. The van der Waals surface area contributed by atoms with Gasteiger partial charge < -0.3 is 0 Å². The largest absolute Gasteiger partial charge is 0.276 e. The minimum absolute atomic E-state index is 0.182. The molecule has 1 atom stereocenters. The fraction of sp³-hybridized carbons (Fsp3) is 0.727. The van der Waals surface area contributed by atoms with Crippen LogP contribution in [0.5, 0.6) is 0 Å². The van der Waals surface area contributed by atoms with Gasteiger partial charge in [0.2, 0.25) is 10.0 Å². The first-order valence-electron chi connectivity index (χ1n) is 6.00. The van der Waals surface area contributed by atoms with Gasteiger partial charge in [0.05, 0.1) is 11.4 Å². The maximum atomic E-state index is 11.8. The molecule has 1 saturated heterocycles. The Labute approximate surface area is 102 Å². The lowest BCUT2D eigenvalue weighted by molar-refractivity contribution is 0.312. The second kappa shape index (κ2) is 4.78. The molecule has 0 aromatic carbocycles. The molecule has 0 spiro atoms. The standard InChI is InChI=1S/C11H19N3O2S/c1-3-17(15,16)14-7-4-5-10(9-14)11-6-8-13(2)12-11/h6,8,10H,3-5,7,9H2,1-2H3. The van der Waals surface area contributed by atoms with E-state index in [4.69, 9.17) is 0 Å². The first-order valence-corrected chi connectivity index (χ1v) is 7.61. The molecule has 1 aromatic heterocycles. The van der Waals surface area contributed by atoms with Gasteiger partial charge in [-0.15, -0.1) is 0 Å². The molecule has 1 fully saturated rings. The highest BCUT2D eigenvalue weighted by Gasteiger charge is 2.29. The van der Waals surface area contributed by atoms with E-state index in [-0.39, 0.29) is 11.7 Å². The average molecular weight is 257 g/mol. The van der Waals surface area contributed by atoms with Gasteiger partial charge in [-0.05, 0) is 25.8 Å². The van der Waals surface area contributed by atoms with E-state index in [2.05, 4.69) is 5.10 Å². The molecule has 1 aromatic rings. The number of nitrogens with zero attached hydrogens (tertiary/aromatic N) is 3. The number of aryl methyl sites for hydroxylation is 1. The molecule has 96 valence electrons. The van der Waals surface area contributed by atoms with Crippen molar-refractivity contribution in [2.24, 2.45) is 7.05 Å². The summed E-state index contributed by atoms with van der Waals surface area (Å²) in [5, 5.41) is 4.37. The normalized spacial score (nSPS) is 22.8. The molecule has 1 aliphatic heterocycles. The zero-order valence-electron chi connectivity index (χ0n) is 10.3. The lowest BCUT2D eigenvalue weighted by Gasteiger charge is -2.30. The Morgan fingerprint density at radius 3 is 2.88 bits per heavy atom. The van der Waals surface area contributed by atoms with Crippen LogP contribution in [0.2, 0.25) is 0 Å². The molecule has 6 heteroatoms. The third-order valence-corrected chi connectivity index (χ3v) is 5.14. The van der Waals surface area contributed by atoms with Crippen molar-refractivity contribution in [1.82, 2.24) is 14.1 Å². The van der Waals surface area contributed by atoms with Crippen LogP contribution in [0.15, 0.2) is 12.3 Å². The summed E-state index contributed by atoms with van der Waals surface area (Å²) in [6.07, 6.45) is 3.84. The summed E-state index contributed by atoms with van der Waals surface area (Å²) in [6, 6.07) is 1.98. The van der Waals surface area contributed by atoms with Crippen LogP contribution in [0.3, 0.4) is 0 Å². The topological polar surface area (TPSA) is 55.2 Å². The quantitative estimate of drug-likeness (QED) is 0.810. The Kier molecular flexibility index (Phi) is 3.53. The van der Waals surface area contributed by atoms with Gasteiger partial charge in [0.15, 0.2) is 0 Å². The molecule has 0 radical (unpaired) electrons. The van der Waals surface area contributed by atoms with Crippen LogP contribution >= 0.6 is 0 Å². The van der Waals surface area contributed by atoms with Gasteiger partial charge in [0, 0.05) is 32.3 Å². The molecule has 0 bridgehead atoms. The van der Waals surface area contributed by atoms with Crippen LogP contribution in [0.1, 0.15) is 31.4 Å². The van der Waals surface area contributed by atoms with E-state index in [1.165, 1.54) is 0 Å². The highest BCUT2D eigenvalue weighted by atomic mass is 32.2. The average Bonchev–Trinajstić information content (AvgIpc) is 2.76. The Morgan fingerprint density at radius 2 is 2.29 bits per heavy atom. The van der Waals surface area contributed by atoms with Gasteiger partial charge in [-0.25, -0.2) is 12.7 Å². The molecule has 5 nitrogen and oxygen atoms in total. The van der Waals surface area contributed by atoms with Crippen molar-refractivity contribution in [2.75, 3.05) is 18.8 Å². The zero-order valence-corrected chi connectivity index (χ0v) is 11.2. The first-order chi connectivity index (χ1) is 8.03. The summed E-state index contributed by atoms with van der Waals surface area (Å²) in [6.45, 7) is 2.92. The minimum atomic E-state index is -3.06. The predicted octanol–water partition coefficient (Wildman–Crippen LogP) is 0.949. The fourth-order valence-electron chi connectivity index (χ4n) is 2.27. The van der Waals surface area contributed by atoms with E-state index >= 15 is 0 Å². The second-order valence-electron chi connectivity index (χ2n) is 4.51. The SMILES string of the molecule is CCS(=O)(=O)N1CCCC(c2ccn(C)n2)C1. The number of aromatic nitrogens is 2. The van der Waals surface area contributed by atoms with Crippen LogP contribution < -0.4 is 0 Å². The Hall–Kier alpha value is -0.880. The molecule has 2 heterocycles. The number of hydrogen-bond acceptors (Lipinski definition) is 3. The number of piperidine rings is 1. The molecule has 0 N–H and O–H groups in total. The van der Waals surface area contributed by atoms with Crippen LogP contribution in [0.4, 0.5) is 0 Å². The van der Waals surface area contributed by atoms with Gasteiger partial charge in [-0.2, -0.15) is 5.10 Å². The summed E-state index contributed by atoms with van der Waals surface area (Å²) in [7, 11) is -1.17. The summed E-state index contributed by atoms with van der Waals surface area (Å²) < 4.78 is 27.0. The van der Waals surface area contributed by atoms with Crippen molar-refractivity contribution in [2.45, 2.75) is 25.7 Å². The van der Waals surface area contributed by atoms with E-state index in [1.807, 2.05) is 19.3 Å². The van der Waals surface area contributed by atoms with Crippen LogP contribution in [-0.2, 0) is 17.1 Å². The molecular formula is C11H19N3O2S. The van der Waals surface area contributed by atoms with Gasteiger partial charge in [-0.3, -0.25) is 4.68 Å². The van der Waals surface area contributed by atoms with Crippen molar-refractivity contribution in [1.29, 1.82) is 0 Å². The van der Waals surface area contributed by atoms with Crippen molar-refractivity contribution >= 4 is 10.0 Å². The minimum Gasteiger partial charge on any atom is -0.276 e. The van der Waals surface area contributed by atoms with Crippen molar-refractivity contribution in [3.05, 3.63) is 18.0 Å². The highest BCUT2D eigenvalue weighted by Crippen LogP contribution is 2.27. The summed E-state index contributed by atoms with van der Waals surface area (Å²) in [4.78, 5) is 0. The summed E-state index contributed by atoms with van der Waals surface area (Å²) >= 11 is 0. The number of sulfonamides is 1. The molecular weight excluding hydrogens is 238 g/mol. The third-order valence-electron chi connectivity index (χ3n) is 3.29. The summed E-state index contributed by atoms with van der Waals surface area (Å²) in [5.74, 6) is 0.424. The smallest absolute Gasteiger partial charge is 0.213 e. The zero-order chi connectivity index (χ0) is 12.5. The van der Waals surface area contributed by atoms with E-state index < -0.39 is 10.0 Å². The lowest BCUT2D eigenvalue weighted by Crippen LogP contribution is -2.40. The second-order valence-corrected chi connectivity index (χ2v) is 6.77. The Morgan fingerprint density at radius 1 is 1.53 bits per heavy atom. The van der Waals surface area contributed by atoms with E-state index in [0.717, 1.165) is 18.5 Å². The maximum Gasteiger partial charge on any atom is 0.213 e. The van der Waals surface area contributed by atoms with Gasteiger partial charge in [0.25, 0.3) is 0 Å². The Bertz CT molecular complexity index is 481. The molecule has 0 aliphatic carbocycles. The molecule has 0 amide bonds. The van der Waals surface area contributed by atoms with E-state index in [0.29, 0.717) is 13.1 Å². The van der Waals surface area contributed by atoms with Crippen molar-refractivity contribution in [3.8, 4) is 0 Å². The molecule has 2 rings (SSSR count). The van der Waals surface area contributed by atoms with E-state index in [9.17, 15) is 8.42 Å². The summed E-state index contributed by atoms with van der Waals surface area (Å²) in [5.41, 5.74) is 1.00. The monoisotopic (exact) mass is 257 g/mol. The van der Waals surface area contributed by atoms with E-state index in [1.54, 1.807) is 15.9 Å². The van der Waals surface area contributed by atoms with Crippen molar-refractivity contribution in [3.63, 3.8) is 0 Å². The van der Waals surface area contributed by atoms with Crippen LogP contribution in [0, 0.1) is 0 Å². The van der Waals surface area contributed by atoms with Crippen LogP contribution in [-0.4, -0.2) is 41.3 Å². The third kappa shape index (κ3) is 2.69. The van der Waals surface area contributed by atoms with Gasteiger partial charge >= 0.3 is 0 Å². The number of hydrogen-bond donors (Lipinski definition) is 0. The first kappa shape index (κ1) is 12.6. The predicted molar refractivity (Wildman–Crippen MR) is 66.2 cm³/mol. The molecule has 0 saturated carbocycles. The maximum absolute atomic E-state index is 11.8. The van der Waals surface area contributed by atoms with Gasteiger partial charge in [0.1, 0.15) is 0 Å². The Balaban J connectivity index is 2.13. The molecule has 1 unspecified atom stereocenters. The van der Waals surface area contributed by atoms with Gasteiger partial charge in [-0.1, -0.05) is 0 Å². The molecule has 17 heavy (non-hydrogen) atoms. The lowest BCUT2D eigenvalue weighted by atomic mass is 9.96. The molecule has 1 aliphatic rings. The van der Waals surface area contributed by atoms with Crippen molar-refractivity contribution < 1.29 is 8.42 Å². The fourth-order valence-corrected chi connectivity index (χ4v) is 3.45. The van der Waals surface area contributed by atoms with Crippen LogP contribution in [0.25, 0.3) is 0 Å².